The Hall–Kier alpha value is -1.58. The first kappa shape index (κ1) is 6.54. The van der Waals surface area contributed by atoms with E-state index in [-0.39, 0.29) is 11.4 Å². The average Bonchev–Trinajstić information content (AvgIpc) is 2.05. The predicted molar refractivity (Wildman–Crippen MR) is 32.8 cm³/mol. The summed E-state index contributed by atoms with van der Waals surface area (Å²) in [6.07, 6.45) is 1.14. The Morgan fingerprint density at radius 3 is 1.60 bits per heavy atom. The number of rotatable bonds is 2. The molecule has 0 aliphatic rings. The first-order valence-corrected chi connectivity index (χ1v) is 2.61. The van der Waals surface area contributed by atoms with E-state index in [1.807, 2.05) is 0 Å². The fraction of sp³-hybridized carbons (Fsp3) is 0. The Kier molecular flexibility index (Phi) is 1.84. The molecule has 0 aliphatic heterocycles. The largest absolute Gasteiger partial charge is 0.296 e. The zero-order valence-electron chi connectivity index (χ0n) is 5.02. The second-order valence-corrected chi connectivity index (χ2v) is 1.62. The quantitative estimate of drug-likeness (QED) is 0.541. The van der Waals surface area contributed by atoms with Gasteiger partial charge in [0.25, 0.3) is 0 Å². The number of aromatic nitrogens is 2. The number of carbonyl (C=O) groups excluding carboxylic acids is 2. The number of nitrogens with zero attached hydrogens (tertiary/aromatic N) is 2. The maximum absolute atomic E-state index is 10.0. The highest BCUT2D eigenvalue weighted by Gasteiger charge is 1.92. The lowest BCUT2D eigenvalue weighted by molar-refractivity contribution is 0.110. The highest BCUT2D eigenvalue weighted by molar-refractivity contribution is 5.74. The lowest BCUT2D eigenvalue weighted by Gasteiger charge is -1.86. The summed E-state index contributed by atoms with van der Waals surface area (Å²) in [5.41, 5.74) is 0.455. The molecule has 50 valence electrons. The minimum absolute atomic E-state index is 0.227. The third-order valence-electron chi connectivity index (χ3n) is 0.947. The van der Waals surface area contributed by atoms with Gasteiger partial charge in [-0.3, -0.25) is 9.59 Å². The van der Waals surface area contributed by atoms with Crippen LogP contribution in [0.2, 0.25) is 0 Å². The van der Waals surface area contributed by atoms with Crippen molar-refractivity contribution in [3.63, 3.8) is 0 Å². The molecule has 0 bridgehead atoms. The molecule has 0 spiro atoms. The lowest BCUT2D eigenvalue weighted by Crippen LogP contribution is -1.93. The van der Waals surface area contributed by atoms with Crippen molar-refractivity contribution in [3.05, 3.63) is 23.5 Å². The average molecular weight is 136 g/mol. The van der Waals surface area contributed by atoms with Gasteiger partial charge >= 0.3 is 0 Å². The van der Waals surface area contributed by atoms with Crippen molar-refractivity contribution >= 4 is 12.6 Å². The maximum Gasteiger partial charge on any atom is 0.170 e. The van der Waals surface area contributed by atoms with Crippen LogP contribution < -0.4 is 0 Å². The number of carbonyl (C=O) groups is 2. The molecule has 1 heterocycles. The summed E-state index contributed by atoms with van der Waals surface area (Å²) in [7, 11) is 0. The van der Waals surface area contributed by atoms with Crippen LogP contribution in [0.5, 0.6) is 0 Å². The van der Waals surface area contributed by atoms with Gasteiger partial charge in [0.15, 0.2) is 12.6 Å². The maximum atomic E-state index is 10.0. The van der Waals surface area contributed by atoms with Gasteiger partial charge < -0.3 is 0 Å². The van der Waals surface area contributed by atoms with Crippen LogP contribution >= 0.6 is 0 Å². The molecular formula is C6H4N2O2. The zero-order chi connectivity index (χ0) is 7.40. The molecule has 0 atom stereocenters. The van der Waals surface area contributed by atoms with Crippen molar-refractivity contribution in [2.45, 2.75) is 0 Å². The fourth-order valence-electron chi connectivity index (χ4n) is 0.479. The van der Waals surface area contributed by atoms with Crippen LogP contribution in [0.4, 0.5) is 0 Å². The zero-order valence-corrected chi connectivity index (χ0v) is 5.02. The summed E-state index contributed by atoms with van der Waals surface area (Å²) >= 11 is 0. The van der Waals surface area contributed by atoms with Gasteiger partial charge in [0, 0.05) is 0 Å². The molecule has 10 heavy (non-hydrogen) atoms. The van der Waals surface area contributed by atoms with Gasteiger partial charge in [0.05, 0.1) is 0 Å². The standard InChI is InChI=1S/C6H4N2O2/c9-3-5-1-2-6(4-10)8-7-5/h1-4H. The molecule has 0 aromatic carbocycles. The van der Waals surface area contributed by atoms with E-state index in [1.54, 1.807) is 0 Å². The minimum atomic E-state index is 0.227. The molecule has 4 nitrogen and oxygen atoms in total. The van der Waals surface area contributed by atoms with Crippen LogP contribution in [0.25, 0.3) is 0 Å². The Bertz CT molecular complexity index is 215. The van der Waals surface area contributed by atoms with Gasteiger partial charge in [-0.15, -0.1) is 10.2 Å². The predicted octanol–water partition coefficient (Wildman–Crippen LogP) is 0.102. The lowest BCUT2D eigenvalue weighted by atomic mass is 10.4. The second kappa shape index (κ2) is 2.82. The first-order valence-electron chi connectivity index (χ1n) is 2.61. The molecule has 0 saturated heterocycles. The highest BCUT2D eigenvalue weighted by Crippen LogP contribution is 1.89. The third kappa shape index (κ3) is 1.22. The van der Waals surface area contributed by atoms with E-state index in [1.165, 1.54) is 12.1 Å². The molecule has 0 unspecified atom stereocenters. The molecule has 0 N–H and O–H groups in total. The SMILES string of the molecule is O=Cc1ccc(C=O)nn1. The Morgan fingerprint density at radius 2 is 1.40 bits per heavy atom. The van der Waals surface area contributed by atoms with E-state index >= 15 is 0 Å². The van der Waals surface area contributed by atoms with Gasteiger partial charge in [-0.05, 0) is 12.1 Å². The molecule has 4 heteroatoms. The topological polar surface area (TPSA) is 59.9 Å². The summed E-state index contributed by atoms with van der Waals surface area (Å²) in [6.45, 7) is 0. The fourth-order valence-corrected chi connectivity index (χ4v) is 0.479. The summed E-state index contributed by atoms with van der Waals surface area (Å²) in [6, 6.07) is 2.87. The molecule has 0 radical (unpaired) electrons. The van der Waals surface area contributed by atoms with E-state index in [0.717, 1.165) is 0 Å². The molecular weight excluding hydrogens is 132 g/mol. The van der Waals surface area contributed by atoms with E-state index < -0.39 is 0 Å². The van der Waals surface area contributed by atoms with E-state index in [4.69, 9.17) is 0 Å². The van der Waals surface area contributed by atoms with Gasteiger partial charge in [-0.2, -0.15) is 0 Å². The Balaban J connectivity index is 3.00. The summed E-state index contributed by atoms with van der Waals surface area (Å²) < 4.78 is 0. The third-order valence-corrected chi connectivity index (χ3v) is 0.947. The highest BCUT2D eigenvalue weighted by atomic mass is 16.1. The second-order valence-electron chi connectivity index (χ2n) is 1.62. The van der Waals surface area contributed by atoms with Crippen molar-refractivity contribution < 1.29 is 9.59 Å². The van der Waals surface area contributed by atoms with Crippen LogP contribution in [-0.2, 0) is 0 Å². The number of hydrogen-bond donors (Lipinski definition) is 0. The number of aldehydes is 2. The van der Waals surface area contributed by atoms with Crippen molar-refractivity contribution in [3.8, 4) is 0 Å². The van der Waals surface area contributed by atoms with Crippen LogP contribution in [0.3, 0.4) is 0 Å². The van der Waals surface area contributed by atoms with Crippen molar-refractivity contribution in [2.75, 3.05) is 0 Å². The van der Waals surface area contributed by atoms with E-state index in [2.05, 4.69) is 10.2 Å². The van der Waals surface area contributed by atoms with Crippen LogP contribution in [0, 0.1) is 0 Å². The molecule has 0 fully saturated rings. The molecule has 0 amide bonds. The van der Waals surface area contributed by atoms with Gasteiger partial charge in [0.2, 0.25) is 0 Å². The van der Waals surface area contributed by atoms with E-state index in [0.29, 0.717) is 12.6 Å². The summed E-state index contributed by atoms with van der Waals surface area (Å²) in [4.78, 5) is 20.0. The van der Waals surface area contributed by atoms with Gasteiger partial charge in [0.1, 0.15) is 11.4 Å². The summed E-state index contributed by atoms with van der Waals surface area (Å²) in [5, 5.41) is 6.84. The normalized spacial score (nSPS) is 8.80. The molecule has 0 aliphatic carbocycles. The monoisotopic (exact) mass is 136 g/mol. The van der Waals surface area contributed by atoms with Crippen LogP contribution in [0.1, 0.15) is 21.0 Å². The molecule has 0 saturated carbocycles. The van der Waals surface area contributed by atoms with Crippen molar-refractivity contribution in [2.24, 2.45) is 0 Å². The van der Waals surface area contributed by atoms with Crippen molar-refractivity contribution in [1.82, 2.24) is 10.2 Å². The minimum Gasteiger partial charge on any atom is -0.296 e. The van der Waals surface area contributed by atoms with Gasteiger partial charge in [-0.25, -0.2) is 0 Å². The van der Waals surface area contributed by atoms with Crippen LogP contribution in [0.15, 0.2) is 12.1 Å². The van der Waals surface area contributed by atoms with Crippen molar-refractivity contribution in [1.29, 1.82) is 0 Å². The molecule has 1 rings (SSSR count). The van der Waals surface area contributed by atoms with Gasteiger partial charge in [-0.1, -0.05) is 0 Å². The van der Waals surface area contributed by atoms with Crippen LogP contribution in [-0.4, -0.2) is 22.8 Å². The Morgan fingerprint density at radius 1 is 1.00 bits per heavy atom. The first-order chi connectivity index (χ1) is 4.86. The molecule has 1 aromatic heterocycles. The summed E-state index contributed by atoms with van der Waals surface area (Å²) in [5.74, 6) is 0. The smallest absolute Gasteiger partial charge is 0.170 e. The Labute approximate surface area is 56.9 Å². The van der Waals surface area contributed by atoms with E-state index in [9.17, 15) is 9.59 Å². The molecule has 1 aromatic rings. The number of hydrogen-bond acceptors (Lipinski definition) is 4.